The quantitative estimate of drug-likeness (QED) is 0.449. The number of halogens is 1. The van der Waals surface area contributed by atoms with Gasteiger partial charge in [0.1, 0.15) is 6.67 Å². The highest BCUT2D eigenvalue weighted by atomic mass is 19.1. The van der Waals surface area contributed by atoms with Crippen molar-refractivity contribution in [1.29, 1.82) is 0 Å². The maximum atomic E-state index is 13.1. The second-order valence-corrected chi connectivity index (χ2v) is 10.8. The fourth-order valence-corrected chi connectivity index (χ4v) is 7.85. The van der Waals surface area contributed by atoms with Gasteiger partial charge in [0.15, 0.2) is 0 Å². The van der Waals surface area contributed by atoms with E-state index < -0.39 is 0 Å². The van der Waals surface area contributed by atoms with E-state index in [-0.39, 0.29) is 6.67 Å². The summed E-state index contributed by atoms with van der Waals surface area (Å²) in [6.07, 6.45) is 24.7. The molecule has 2 unspecified atom stereocenters. The summed E-state index contributed by atoms with van der Waals surface area (Å²) in [5.74, 6) is 5.07. The smallest absolute Gasteiger partial charge is 0.113 e. The van der Waals surface area contributed by atoms with Crippen LogP contribution in [0, 0.1) is 35.5 Å². The van der Waals surface area contributed by atoms with Crippen LogP contribution >= 0.6 is 0 Å². The predicted octanol–water partition coefficient (Wildman–Crippen LogP) is 7.72. The van der Waals surface area contributed by atoms with Crippen molar-refractivity contribution in [2.24, 2.45) is 35.5 Å². The van der Waals surface area contributed by atoms with Gasteiger partial charge in [0.25, 0.3) is 0 Å². The van der Waals surface area contributed by atoms with Crippen molar-refractivity contribution in [3.8, 4) is 0 Å². The molecule has 4 rings (SSSR count). The summed E-state index contributed by atoms with van der Waals surface area (Å²) in [5.41, 5.74) is 0. The van der Waals surface area contributed by atoms with Crippen LogP contribution in [0.5, 0.6) is 0 Å². The van der Waals surface area contributed by atoms with Crippen molar-refractivity contribution < 1.29 is 9.13 Å². The minimum Gasteiger partial charge on any atom is -0.375 e. The zero-order valence-corrected chi connectivity index (χ0v) is 18.3. The van der Waals surface area contributed by atoms with Crippen molar-refractivity contribution >= 4 is 0 Å². The largest absolute Gasteiger partial charge is 0.375 e. The summed E-state index contributed by atoms with van der Waals surface area (Å²) < 4.78 is 19.6. The molecule has 0 aromatic heterocycles. The SMILES string of the molecule is FCCOC1C(C2CCCCC2)CC(C2CCCCC2)CC1C1CCCCC1. The first kappa shape index (κ1) is 21.1. The Morgan fingerprint density at radius 1 is 0.536 bits per heavy atom. The highest BCUT2D eigenvalue weighted by molar-refractivity contribution is 4.96. The van der Waals surface area contributed by atoms with E-state index in [1.165, 1.54) is 109 Å². The van der Waals surface area contributed by atoms with Crippen LogP contribution in [0.2, 0.25) is 0 Å². The Labute approximate surface area is 173 Å². The standard InChI is InChI=1S/C26H45FO/c27-16-17-28-26-24(21-12-6-2-7-13-21)18-23(20-10-4-1-5-11-20)19-25(26)22-14-8-3-9-15-22/h20-26H,1-19H2. The van der Waals surface area contributed by atoms with Gasteiger partial charge in [0.05, 0.1) is 12.7 Å². The molecule has 2 heteroatoms. The first-order valence-corrected chi connectivity index (χ1v) is 13.0. The molecule has 0 saturated heterocycles. The van der Waals surface area contributed by atoms with Crippen LogP contribution in [0.4, 0.5) is 4.39 Å². The molecule has 0 radical (unpaired) electrons. The van der Waals surface area contributed by atoms with E-state index in [9.17, 15) is 4.39 Å². The molecule has 0 aromatic carbocycles. The number of hydrogen-bond acceptors (Lipinski definition) is 1. The Hall–Kier alpha value is -0.110. The zero-order chi connectivity index (χ0) is 19.2. The lowest BCUT2D eigenvalue weighted by molar-refractivity contribution is -0.113. The molecule has 0 N–H and O–H groups in total. The van der Waals surface area contributed by atoms with Gasteiger partial charge in [-0.3, -0.25) is 0 Å². The van der Waals surface area contributed by atoms with E-state index in [4.69, 9.17) is 4.74 Å². The topological polar surface area (TPSA) is 9.23 Å². The van der Waals surface area contributed by atoms with Crippen LogP contribution in [0.25, 0.3) is 0 Å². The Kier molecular flexibility index (Phi) is 8.14. The number of alkyl halides is 1. The average Bonchev–Trinajstić information content (AvgIpc) is 2.79. The Bertz CT molecular complexity index is 406. The lowest BCUT2D eigenvalue weighted by Gasteiger charge is -2.51. The minimum atomic E-state index is -0.308. The summed E-state index contributed by atoms with van der Waals surface area (Å²) in [6, 6.07) is 0. The lowest BCUT2D eigenvalue weighted by Crippen LogP contribution is -2.47. The van der Waals surface area contributed by atoms with Crippen molar-refractivity contribution in [2.75, 3.05) is 13.3 Å². The monoisotopic (exact) mass is 392 g/mol. The summed E-state index contributed by atoms with van der Waals surface area (Å²) in [6.45, 7) is 0.0303. The van der Waals surface area contributed by atoms with E-state index >= 15 is 0 Å². The molecule has 28 heavy (non-hydrogen) atoms. The van der Waals surface area contributed by atoms with Gasteiger partial charge >= 0.3 is 0 Å². The fraction of sp³-hybridized carbons (Fsp3) is 1.00. The Morgan fingerprint density at radius 3 is 1.39 bits per heavy atom. The van der Waals surface area contributed by atoms with Gasteiger partial charge in [0.2, 0.25) is 0 Å². The third-order valence-electron chi connectivity index (χ3n) is 9.21. The van der Waals surface area contributed by atoms with Gasteiger partial charge in [-0.05, 0) is 48.3 Å². The zero-order valence-electron chi connectivity index (χ0n) is 18.3. The van der Waals surface area contributed by atoms with Crippen LogP contribution in [-0.4, -0.2) is 19.4 Å². The van der Waals surface area contributed by atoms with E-state index in [2.05, 4.69) is 0 Å². The van der Waals surface area contributed by atoms with Crippen LogP contribution < -0.4 is 0 Å². The molecule has 4 aliphatic rings. The molecule has 0 aliphatic heterocycles. The third-order valence-corrected chi connectivity index (χ3v) is 9.21. The molecular formula is C26H45FO. The first-order valence-electron chi connectivity index (χ1n) is 13.0. The van der Waals surface area contributed by atoms with Crippen molar-refractivity contribution in [3.63, 3.8) is 0 Å². The molecule has 0 spiro atoms. The van der Waals surface area contributed by atoms with E-state index in [1.54, 1.807) is 0 Å². The van der Waals surface area contributed by atoms with E-state index in [1.807, 2.05) is 0 Å². The van der Waals surface area contributed by atoms with E-state index in [0.29, 0.717) is 12.7 Å². The van der Waals surface area contributed by atoms with Gasteiger partial charge in [0, 0.05) is 0 Å². The van der Waals surface area contributed by atoms with E-state index in [0.717, 1.165) is 35.5 Å². The summed E-state index contributed by atoms with van der Waals surface area (Å²) in [7, 11) is 0. The third kappa shape index (κ3) is 5.13. The summed E-state index contributed by atoms with van der Waals surface area (Å²) in [5, 5.41) is 0. The molecular weight excluding hydrogens is 347 g/mol. The second kappa shape index (κ2) is 10.8. The van der Waals surface area contributed by atoms with Crippen molar-refractivity contribution in [3.05, 3.63) is 0 Å². The average molecular weight is 393 g/mol. The molecule has 162 valence electrons. The maximum absolute atomic E-state index is 13.1. The van der Waals surface area contributed by atoms with Crippen LogP contribution in [0.1, 0.15) is 109 Å². The minimum absolute atomic E-state index is 0.308. The number of ether oxygens (including phenoxy) is 1. The highest BCUT2D eigenvalue weighted by Crippen LogP contribution is 2.51. The normalized spacial score (nSPS) is 37.2. The maximum Gasteiger partial charge on any atom is 0.113 e. The summed E-state index contributed by atoms with van der Waals surface area (Å²) >= 11 is 0. The van der Waals surface area contributed by atoms with Crippen molar-refractivity contribution in [1.82, 2.24) is 0 Å². The van der Waals surface area contributed by atoms with Gasteiger partial charge in [-0.1, -0.05) is 96.3 Å². The van der Waals surface area contributed by atoms with Gasteiger partial charge in [-0.15, -0.1) is 0 Å². The predicted molar refractivity (Wildman–Crippen MR) is 115 cm³/mol. The Morgan fingerprint density at radius 2 is 0.964 bits per heavy atom. The van der Waals surface area contributed by atoms with Gasteiger partial charge < -0.3 is 4.74 Å². The molecule has 1 nitrogen and oxygen atoms in total. The molecule has 0 amide bonds. The van der Waals surface area contributed by atoms with Crippen LogP contribution in [-0.2, 0) is 4.74 Å². The number of hydrogen-bond donors (Lipinski definition) is 0. The lowest BCUT2D eigenvalue weighted by atomic mass is 9.58. The molecule has 0 aromatic rings. The van der Waals surface area contributed by atoms with Gasteiger partial charge in [-0.25, -0.2) is 4.39 Å². The molecule has 4 fully saturated rings. The first-order chi connectivity index (χ1) is 13.9. The molecule has 2 atom stereocenters. The molecule has 0 bridgehead atoms. The highest BCUT2D eigenvalue weighted by Gasteiger charge is 2.46. The molecule has 0 heterocycles. The van der Waals surface area contributed by atoms with Crippen LogP contribution in [0.15, 0.2) is 0 Å². The molecule has 4 aliphatic carbocycles. The van der Waals surface area contributed by atoms with Crippen molar-refractivity contribution in [2.45, 2.75) is 115 Å². The van der Waals surface area contributed by atoms with Crippen LogP contribution in [0.3, 0.4) is 0 Å². The second-order valence-electron chi connectivity index (χ2n) is 10.8. The van der Waals surface area contributed by atoms with Gasteiger partial charge in [-0.2, -0.15) is 0 Å². The Balaban J connectivity index is 1.55. The summed E-state index contributed by atoms with van der Waals surface area (Å²) in [4.78, 5) is 0. The fourth-order valence-electron chi connectivity index (χ4n) is 7.85. The number of rotatable bonds is 6. The molecule has 4 saturated carbocycles.